The average Bonchev–Trinajstić information content (AvgIpc) is 2.29. The van der Waals surface area contributed by atoms with Crippen molar-refractivity contribution in [1.29, 1.82) is 0 Å². The van der Waals surface area contributed by atoms with Crippen LogP contribution in [0.5, 0.6) is 0 Å². The lowest BCUT2D eigenvalue weighted by molar-refractivity contribution is 0.102. The van der Waals surface area contributed by atoms with E-state index in [0.29, 0.717) is 17.3 Å². The van der Waals surface area contributed by atoms with Gasteiger partial charge in [-0.25, -0.2) is 4.98 Å². The van der Waals surface area contributed by atoms with Gasteiger partial charge in [-0.3, -0.25) is 4.79 Å². The molecule has 2 N–H and O–H groups in total. The van der Waals surface area contributed by atoms with Crippen molar-refractivity contribution in [2.24, 2.45) is 5.92 Å². The number of pyridine rings is 1. The molecular weight excluding hydrogens is 212 g/mol. The Hall–Kier alpha value is -1.64. The number of hydrogen-bond donors (Lipinski definition) is 1. The van der Waals surface area contributed by atoms with Gasteiger partial charge in [0.15, 0.2) is 5.78 Å². The van der Waals surface area contributed by atoms with Crippen molar-refractivity contribution in [3.8, 4) is 0 Å². The zero-order valence-electron chi connectivity index (χ0n) is 10.4. The van der Waals surface area contributed by atoms with E-state index in [9.17, 15) is 4.79 Å². The van der Waals surface area contributed by atoms with E-state index >= 15 is 0 Å². The zero-order valence-corrected chi connectivity index (χ0v) is 10.4. The van der Waals surface area contributed by atoms with Gasteiger partial charge in [0.25, 0.3) is 0 Å². The van der Waals surface area contributed by atoms with Gasteiger partial charge in [0.1, 0.15) is 5.82 Å². The fourth-order valence-electron chi connectivity index (χ4n) is 2.21. The molecule has 3 nitrogen and oxygen atoms in total. The van der Waals surface area contributed by atoms with Crippen LogP contribution >= 0.6 is 0 Å². The number of Topliss-reactive ketones (excluding diaryl/α,β-unsaturated/α-hetero) is 1. The molecule has 3 heteroatoms. The van der Waals surface area contributed by atoms with E-state index in [1.165, 1.54) is 0 Å². The van der Waals surface area contributed by atoms with E-state index in [1.807, 2.05) is 13.0 Å². The summed E-state index contributed by atoms with van der Waals surface area (Å²) in [5, 5.41) is 0. The standard InChI is InChI=1S/C14H18N2O/c1-9-3-5-11(6-4-9)13(17)12-10(2)7-8-16-14(12)15/h5,7-9H,3-4,6H2,1-2H3,(H2,15,16). The van der Waals surface area contributed by atoms with Crippen LogP contribution < -0.4 is 5.73 Å². The molecule has 0 radical (unpaired) electrons. The van der Waals surface area contributed by atoms with Crippen LogP contribution in [0.4, 0.5) is 5.82 Å². The minimum absolute atomic E-state index is 0.0556. The molecule has 1 atom stereocenters. The molecule has 90 valence electrons. The predicted octanol–water partition coefficient (Wildman–Crippen LogP) is 2.90. The van der Waals surface area contributed by atoms with Crippen LogP contribution in [0.2, 0.25) is 0 Å². The molecule has 1 aliphatic carbocycles. The lowest BCUT2D eigenvalue weighted by Crippen LogP contribution is -2.13. The third-order valence-electron chi connectivity index (χ3n) is 3.38. The van der Waals surface area contributed by atoms with E-state index < -0.39 is 0 Å². The minimum Gasteiger partial charge on any atom is -0.383 e. The number of ketones is 1. The van der Waals surface area contributed by atoms with E-state index in [0.717, 1.165) is 30.4 Å². The molecule has 0 aromatic carbocycles. The first-order valence-corrected chi connectivity index (χ1v) is 6.04. The Morgan fingerprint density at radius 1 is 1.53 bits per heavy atom. The molecular formula is C14H18N2O. The number of aryl methyl sites for hydroxylation is 1. The Morgan fingerprint density at radius 3 is 2.88 bits per heavy atom. The molecule has 1 aromatic rings. The number of carbonyl (C=O) groups is 1. The van der Waals surface area contributed by atoms with Crippen LogP contribution in [-0.4, -0.2) is 10.8 Å². The molecule has 2 rings (SSSR count). The van der Waals surface area contributed by atoms with Crippen molar-refractivity contribution in [1.82, 2.24) is 4.98 Å². The fraction of sp³-hybridized carbons (Fsp3) is 0.429. The van der Waals surface area contributed by atoms with E-state index in [4.69, 9.17) is 5.73 Å². The van der Waals surface area contributed by atoms with Gasteiger partial charge in [-0.1, -0.05) is 13.0 Å². The molecule has 0 saturated carbocycles. The Labute approximate surface area is 102 Å². The highest BCUT2D eigenvalue weighted by atomic mass is 16.1. The van der Waals surface area contributed by atoms with Crippen molar-refractivity contribution in [2.45, 2.75) is 33.1 Å². The third-order valence-corrected chi connectivity index (χ3v) is 3.38. The van der Waals surface area contributed by atoms with Gasteiger partial charge in [0, 0.05) is 6.20 Å². The first kappa shape index (κ1) is 11.8. The highest BCUT2D eigenvalue weighted by Gasteiger charge is 2.20. The molecule has 0 aliphatic heterocycles. The molecule has 1 heterocycles. The second kappa shape index (κ2) is 4.70. The normalized spacial score (nSPS) is 19.9. The van der Waals surface area contributed by atoms with Gasteiger partial charge in [0.2, 0.25) is 0 Å². The number of carbonyl (C=O) groups excluding carboxylic acids is 1. The van der Waals surface area contributed by atoms with Gasteiger partial charge in [0.05, 0.1) is 5.56 Å². The summed E-state index contributed by atoms with van der Waals surface area (Å²) in [4.78, 5) is 16.4. The van der Waals surface area contributed by atoms with Crippen molar-refractivity contribution >= 4 is 11.6 Å². The molecule has 0 fully saturated rings. The Balaban J connectivity index is 2.32. The lowest BCUT2D eigenvalue weighted by atomic mass is 9.87. The maximum atomic E-state index is 12.4. The minimum atomic E-state index is 0.0556. The van der Waals surface area contributed by atoms with Crippen molar-refractivity contribution in [3.05, 3.63) is 35.0 Å². The van der Waals surface area contributed by atoms with Crippen molar-refractivity contribution < 1.29 is 4.79 Å². The fourth-order valence-corrected chi connectivity index (χ4v) is 2.21. The molecule has 1 aliphatic rings. The molecule has 0 saturated heterocycles. The van der Waals surface area contributed by atoms with Gasteiger partial charge in [-0.05, 0) is 49.3 Å². The molecule has 0 bridgehead atoms. The highest BCUT2D eigenvalue weighted by Crippen LogP contribution is 2.27. The molecule has 0 spiro atoms. The van der Waals surface area contributed by atoms with E-state index in [1.54, 1.807) is 6.20 Å². The average molecular weight is 230 g/mol. The largest absolute Gasteiger partial charge is 0.383 e. The number of allylic oxidation sites excluding steroid dienone is 2. The van der Waals surface area contributed by atoms with Crippen LogP contribution in [0.3, 0.4) is 0 Å². The van der Waals surface area contributed by atoms with Crippen molar-refractivity contribution in [3.63, 3.8) is 0 Å². The topological polar surface area (TPSA) is 56.0 Å². The second-order valence-electron chi connectivity index (χ2n) is 4.83. The van der Waals surface area contributed by atoms with Gasteiger partial charge < -0.3 is 5.73 Å². The summed E-state index contributed by atoms with van der Waals surface area (Å²) in [5.41, 5.74) is 8.17. The maximum absolute atomic E-state index is 12.4. The number of anilines is 1. The first-order chi connectivity index (χ1) is 8.09. The number of nitrogen functional groups attached to an aromatic ring is 1. The molecule has 17 heavy (non-hydrogen) atoms. The lowest BCUT2D eigenvalue weighted by Gasteiger charge is -2.18. The number of rotatable bonds is 2. The van der Waals surface area contributed by atoms with Crippen LogP contribution in [0.15, 0.2) is 23.9 Å². The number of nitrogens with two attached hydrogens (primary N) is 1. The molecule has 1 aromatic heterocycles. The quantitative estimate of drug-likeness (QED) is 0.795. The number of hydrogen-bond acceptors (Lipinski definition) is 3. The number of aromatic nitrogens is 1. The molecule has 1 unspecified atom stereocenters. The second-order valence-corrected chi connectivity index (χ2v) is 4.83. The maximum Gasteiger partial charge on any atom is 0.192 e. The SMILES string of the molecule is Cc1ccnc(N)c1C(=O)C1=CCC(C)CC1. The summed E-state index contributed by atoms with van der Waals surface area (Å²) in [5.74, 6) is 1.08. The van der Waals surface area contributed by atoms with E-state index in [-0.39, 0.29) is 5.78 Å². The number of nitrogens with zero attached hydrogens (tertiary/aromatic N) is 1. The van der Waals surface area contributed by atoms with E-state index in [2.05, 4.69) is 18.0 Å². The summed E-state index contributed by atoms with van der Waals surface area (Å²) >= 11 is 0. The zero-order chi connectivity index (χ0) is 12.4. The summed E-state index contributed by atoms with van der Waals surface area (Å²) in [6.45, 7) is 4.11. The summed E-state index contributed by atoms with van der Waals surface area (Å²) < 4.78 is 0. The molecule has 0 amide bonds. The van der Waals surface area contributed by atoms with Gasteiger partial charge >= 0.3 is 0 Å². The predicted molar refractivity (Wildman–Crippen MR) is 68.8 cm³/mol. The Morgan fingerprint density at radius 2 is 2.29 bits per heavy atom. The summed E-state index contributed by atoms with van der Waals surface area (Å²) in [6.07, 6.45) is 6.62. The highest BCUT2D eigenvalue weighted by molar-refractivity contribution is 6.12. The van der Waals surface area contributed by atoms with Crippen LogP contribution in [-0.2, 0) is 0 Å². The summed E-state index contributed by atoms with van der Waals surface area (Å²) in [6, 6.07) is 1.83. The van der Waals surface area contributed by atoms with Crippen LogP contribution in [0, 0.1) is 12.8 Å². The Kier molecular flexibility index (Phi) is 3.27. The first-order valence-electron chi connectivity index (χ1n) is 6.04. The smallest absolute Gasteiger partial charge is 0.192 e. The van der Waals surface area contributed by atoms with Crippen LogP contribution in [0.1, 0.15) is 42.1 Å². The van der Waals surface area contributed by atoms with Crippen LogP contribution in [0.25, 0.3) is 0 Å². The van der Waals surface area contributed by atoms with Crippen molar-refractivity contribution in [2.75, 3.05) is 5.73 Å². The summed E-state index contributed by atoms with van der Waals surface area (Å²) in [7, 11) is 0. The van der Waals surface area contributed by atoms with Gasteiger partial charge in [-0.15, -0.1) is 0 Å². The monoisotopic (exact) mass is 230 g/mol. The third kappa shape index (κ3) is 2.38. The van der Waals surface area contributed by atoms with Gasteiger partial charge in [-0.2, -0.15) is 0 Å². The Bertz CT molecular complexity index is 457.